The molecule has 112 valence electrons. The Morgan fingerprint density at radius 1 is 1.35 bits per heavy atom. The van der Waals surface area contributed by atoms with Gasteiger partial charge in [-0.2, -0.15) is 0 Å². The highest BCUT2D eigenvalue weighted by Crippen LogP contribution is 2.25. The van der Waals surface area contributed by atoms with Gasteiger partial charge in [0.1, 0.15) is 5.75 Å². The van der Waals surface area contributed by atoms with E-state index >= 15 is 0 Å². The minimum absolute atomic E-state index is 0.0875. The summed E-state index contributed by atoms with van der Waals surface area (Å²) < 4.78 is 5.69. The molecule has 1 aromatic carbocycles. The van der Waals surface area contributed by atoms with Gasteiger partial charge in [-0.25, -0.2) is 0 Å². The molecular weight excluding hydrogens is 254 g/mol. The van der Waals surface area contributed by atoms with Crippen LogP contribution in [0.25, 0.3) is 0 Å². The molecule has 0 atom stereocenters. The van der Waals surface area contributed by atoms with Crippen LogP contribution in [0.4, 0.5) is 0 Å². The van der Waals surface area contributed by atoms with E-state index in [0.29, 0.717) is 12.5 Å². The van der Waals surface area contributed by atoms with Crippen molar-refractivity contribution in [3.05, 3.63) is 29.8 Å². The van der Waals surface area contributed by atoms with Crippen molar-refractivity contribution in [3.8, 4) is 5.75 Å². The summed E-state index contributed by atoms with van der Waals surface area (Å²) in [6.45, 7) is 8.02. The zero-order valence-electron chi connectivity index (χ0n) is 12.8. The number of carbonyl (C=O) groups is 1. The van der Waals surface area contributed by atoms with Crippen LogP contribution in [0, 0.1) is 0 Å². The molecule has 0 spiro atoms. The van der Waals surface area contributed by atoms with Gasteiger partial charge in [-0.15, -0.1) is 0 Å². The molecule has 0 bridgehead atoms. The van der Waals surface area contributed by atoms with Crippen molar-refractivity contribution in [1.29, 1.82) is 0 Å². The Labute approximate surface area is 121 Å². The van der Waals surface area contributed by atoms with E-state index in [-0.39, 0.29) is 18.9 Å². The zero-order chi connectivity index (χ0) is 15.2. The number of carbonyl (C=O) groups excluding carboxylic acids is 1. The molecule has 1 amide bonds. The molecule has 2 N–H and O–H groups in total. The average Bonchev–Trinajstić information content (AvgIpc) is 2.38. The van der Waals surface area contributed by atoms with E-state index in [4.69, 9.17) is 9.84 Å². The number of rotatable bonds is 7. The Morgan fingerprint density at radius 3 is 2.60 bits per heavy atom. The Bertz CT molecular complexity index is 441. The number of amides is 1. The number of ether oxygens (including phenoxy) is 1. The normalized spacial score (nSPS) is 11.5. The number of hydrogen-bond donors (Lipinski definition) is 2. The molecule has 0 aliphatic carbocycles. The van der Waals surface area contributed by atoms with E-state index < -0.39 is 5.54 Å². The van der Waals surface area contributed by atoms with Crippen LogP contribution in [0.1, 0.15) is 45.6 Å². The second-order valence-corrected chi connectivity index (χ2v) is 5.88. The lowest BCUT2D eigenvalue weighted by Gasteiger charge is -2.23. The lowest BCUT2D eigenvalue weighted by atomic mass is 10.0. The summed E-state index contributed by atoms with van der Waals surface area (Å²) in [7, 11) is 0. The molecule has 0 aliphatic heterocycles. The van der Waals surface area contributed by atoms with Gasteiger partial charge < -0.3 is 15.2 Å². The minimum Gasteiger partial charge on any atom is -0.493 e. The van der Waals surface area contributed by atoms with Crippen molar-refractivity contribution in [3.63, 3.8) is 0 Å². The molecule has 4 heteroatoms. The number of para-hydroxylation sites is 1. The van der Waals surface area contributed by atoms with E-state index in [9.17, 15) is 4.79 Å². The van der Waals surface area contributed by atoms with E-state index in [1.54, 1.807) is 13.8 Å². The fourth-order valence-corrected chi connectivity index (χ4v) is 1.82. The fraction of sp³-hybridized carbons (Fsp3) is 0.562. The van der Waals surface area contributed by atoms with Crippen LogP contribution in [0.3, 0.4) is 0 Å². The van der Waals surface area contributed by atoms with Crippen molar-refractivity contribution in [2.75, 3.05) is 13.2 Å². The predicted molar refractivity (Wildman–Crippen MR) is 80.0 cm³/mol. The van der Waals surface area contributed by atoms with E-state index in [2.05, 4.69) is 19.2 Å². The van der Waals surface area contributed by atoms with E-state index in [1.807, 2.05) is 24.3 Å². The Kier molecular flexibility index (Phi) is 6.02. The zero-order valence-corrected chi connectivity index (χ0v) is 12.8. The molecule has 0 radical (unpaired) electrons. The highest BCUT2D eigenvalue weighted by Gasteiger charge is 2.18. The number of aliphatic hydroxyl groups is 1. The lowest BCUT2D eigenvalue weighted by Crippen LogP contribution is -2.46. The third kappa shape index (κ3) is 5.21. The van der Waals surface area contributed by atoms with Gasteiger partial charge in [0.15, 0.2) is 0 Å². The largest absolute Gasteiger partial charge is 0.493 e. The van der Waals surface area contributed by atoms with Crippen molar-refractivity contribution in [2.24, 2.45) is 0 Å². The number of aliphatic hydroxyl groups excluding tert-OH is 1. The highest BCUT2D eigenvalue weighted by atomic mass is 16.5. The van der Waals surface area contributed by atoms with E-state index in [0.717, 1.165) is 11.3 Å². The molecule has 0 saturated carbocycles. The Hall–Kier alpha value is -1.55. The molecule has 1 aromatic rings. The molecule has 0 fully saturated rings. The predicted octanol–water partition coefficient (Wildman–Crippen LogP) is 2.47. The summed E-state index contributed by atoms with van der Waals surface area (Å²) in [6.07, 6.45) is 0.274. The van der Waals surface area contributed by atoms with Crippen LogP contribution >= 0.6 is 0 Å². The van der Waals surface area contributed by atoms with Gasteiger partial charge in [0.05, 0.1) is 25.2 Å². The number of hydrogen-bond acceptors (Lipinski definition) is 3. The summed E-state index contributed by atoms with van der Waals surface area (Å²) in [4.78, 5) is 11.7. The van der Waals surface area contributed by atoms with Gasteiger partial charge in [0.25, 0.3) is 0 Å². The van der Waals surface area contributed by atoms with Crippen LogP contribution in [0.15, 0.2) is 24.3 Å². The first kappa shape index (κ1) is 16.5. The third-order valence-corrected chi connectivity index (χ3v) is 3.00. The van der Waals surface area contributed by atoms with Gasteiger partial charge in [-0.1, -0.05) is 32.0 Å². The molecule has 0 unspecified atom stereocenters. The molecular formula is C16H25NO3. The van der Waals surface area contributed by atoms with Crippen molar-refractivity contribution < 1.29 is 14.6 Å². The van der Waals surface area contributed by atoms with Crippen molar-refractivity contribution in [2.45, 2.75) is 45.6 Å². The maximum absolute atomic E-state index is 11.7. The van der Waals surface area contributed by atoms with Crippen LogP contribution in [-0.4, -0.2) is 29.8 Å². The summed E-state index contributed by atoms with van der Waals surface area (Å²) in [5.41, 5.74) is 0.552. The van der Waals surface area contributed by atoms with E-state index in [1.165, 1.54) is 0 Å². The fourth-order valence-electron chi connectivity index (χ4n) is 1.82. The monoisotopic (exact) mass is 279 g/mol. The maximum atomic E-state index is 11.7. The molecule has 20 heavy (non-hydrogen) atoms. The second-order valence-electron chi connectivity index (χ2n) is 5.88. The quantitative estimate of drug-likeness (QED) is 0.806. The SMILES string of the molecule is CC(C)c1ccccc1OCCC(=O)NC(C)(C)CO. The van der Waals surface area contributed by atoms with Crippen LogP contribution in [-0.2, 0) is 4.79 Å². The van der Waals surface area contributed by atoms with Crippen molar-refractivity contribution in [1.82, 2.24) is 5.32 Å². The van der Waals surface area contributed by atoms with Crippen LogP contribution in [0.5, 0.6) is 5.75 Å². The highest BCUT2D eigenvalue weighted by molar-refractivity contribution is 5.76. The molecule has 4 nitrogen and oxygen atoms in total. The number of nitrogens with one attached hydrogen (secondary N) is 1. The standard InChI is InChI=1S/C16H25NO3/c1-12(2)13-7-5-6-8-14(13)20-10-9-15(19)17-16(3,4)11-18/h5-8,12,18H,9-11H2,1-4H3,(H,17,19). The van der Waals surface area contributed by atoms with Gasteiger partial charge in [0, 0.05) is 0 Å². The maximum Gasteiger partial charge on any atom is 0.223 e. The number of benzene rings is 1. The molecule has 0 heterocycles. The molecule has 1 rings (SSSR count). The summed E-state index contributed by atoms with van der Waals surface area (Å²) in [6, 6.07) is 7.87. The lowest BCUT2D eigenvalue weighted by molar-refractivity contribution is -0.123. The molecule has 0 saturated heterocycles. The van der Waals surface area contributed by atoms with Gasteiger partial charge in [0.2, 0.25) is 5.91 Å². The average molecular weight is 279 g/mol. The smallest absolute Gasteiger partial charge is 0.223 e. The minimum atomic E-state index is -0.590. The molecule has 0 aromatic heterocycles. The third-order valence-electron chi connectivity index (χ3n) is 3.00. The first-order valence-corrected chi connectivity index (χ1v) is 6.99. The summed E-state index contributed by atoms with van der Waals surface area (Å²) in [5, 5.41) is 11.9. The first-order valence-electron chi connectivity index (χ1n) is 6.99. The van der Waals surface area contributed by atoms with Gasteiger partial charge >= 0.3 is 0 Å². The van der Waals surface area contributed by atoms with Crippen molar-refractivity contribution >= 4 is 5.91 Å². The topological polar surface area (TPSA) is 58.6 Å². The Morgan fingerprint density at radius 2 is 2.00 bits per heavy atom. The van der Waals surface area contributed by atoms with Crippen LogP contribution < -0.4 is 10.1 Å². The first-order chi connectivity index (χ1) is 9.35. The second kappa shape index (κ2) is 7.29. The summed E-state index contributed by atoms with van der Waals surface area (Å²) in [5.74, 6) is 1.09. The van der Waals surface area contributed by atoms with Gasteiger partial charge in [-0.3, -0.25) is 4.79 Å². The Balaban J connectivity index is 2.47. The summed E-state index contributed by atoms with van der Waals surface area (Å²) >= 11 is 0. The molecule has 0 aliphatic rings. The van der Waals surface area contributed by atoms with Gasteiger partial charge in [-0.05, 0) is 31.4 Å². The van der Waals surface area contributed by atoms with Crippen LogP contribution in [0.2, 0.25) is 0 Å².